The summed E-state index contributed by atoms with van der Waals surface area (Å²) in [5.74, 6) is -1.49. The van der Waals surface area contributed by atoms with E-state index in [4.69, 9.17) is 0 Å². The number of hydrogen-bond donors (Lipinski definition) is 2. The summed E-state index contributed by atoms with van der Waals surface area (Å²) in [7, 11) is 0. The average Bonchev–Trinajstić information content (AvgIpc) is 3.27. The van der Waals surface area contributed by atoms with Crippen molar-refractivity contribution in [3.05, 3.63) is 71.5 Å². The molecule has 0 saturated heterocycles. The maximum Gasteiger partial charge on any atom is 0.326 e. The third kappa shape index (κ3) is 3.04. The molecule has 3 heterocycles. The van der Waals surface area contributed by atoms with Crippen molar-refractivity contribution in [2.75, 3.05) is 0 Å². The molecule has 1 atom stereocenters. The number of rotatable bonds is 5. The molecule has 0 bridgehead atoms. The number of nitrogens with one attached hydrogen (secondary N) is 1. The van der Waals surface area contributed by atoms with Gasteiger partial charge in [-0.3, -0.25) is 4.79 Å². The van der Waals surface area contributed by atoms with Gasteiger partial charge in [0.15, 0.2) is 0 Å². The Morgan fingerprint density at radius 2 is 2.08 bits per heavy atom. The molecule has 1 aromatic carbocycles. The summed E-state index contributed by atoms with van der Waals surface area (Å²) in [6.45, 7) is 0. The molecule has 0 saturated carbocycles. The van der Waals surface area contributed by atoms with Crippen molar-refractivity contribution in [1.29, 1.82) is 0 Å². The lowest BCUT2D eigenvalue weighted by Gasteiger charge is -2.14. The predicted octanol–water partition coefficient (Wildman–Crippen LogP) is 2.97. The lowest BCUT2D eigenvalue weighted by molar-refractivity contribution is -0.139. The number of carboxylic acid groups (broad SMARTS) is 1. The van der Waals surface area contributed by atoms with Crippen LogP contribution in [0.15, 0.2) is 60.4 Å². The van der Waals surface area contributed by atoms with Crippen LogP contribution < -0.4 is 5.32 Å². The first-order valence-electron chi connectivity index (χ1n) is 8.03. The van der Waals surface area contributed by atoms with Crippen LogP contribution in [-0.4, -0.2) is 32.4 Å². The number of aromatic nitrogens is 2. The Kier molecular flexibility index (Phi) is 4.14. The minimum absolute atomic E-state index is 0.233. The van der Waals surface area contributed by atoms with Crippen molar-refractivity contribution >= 4 is 38.9 Å². The molecule has 7 heteroatoms. The maximum absolute atomic E-state index is 12.5. The lowest BCUT2D eigenvalue weighted by atomic mass is 10.0. The van der Waals surface area contributed by atoms with Gasteiger partial charge >= 0.3 is 5.97 Å². The average molecular weight is 365 g/mol. The molecule has 1 unspecified atom stereocenters. The van der Waals surface area contributed by atoms with Gasteiger partial charge in [0.05, 0.1) is 0 Å². The van der Waals surface area contributed by atoms with Crippen molar-refractivity contribution in [2.45, 2.75) is 12.5 Å². The molecule has 3 aromatic heterocycles. The Hall–Kier alpha value is -3.19. The molecular weight excluding hydrogens is 350 g/mol. The Balaban J connectivity index is 1.56. The van der Waals surface area contributed by atoms with E-state index in [0.29, 0.717) is 11.2 Å². The van der Waals surface area contributed by atoms with E-state index < -0.39 is 17.9 Å². The highest BCUT2D eigenvalue weighted by molar-refractivity contribution is 7.17. The van der Waals surface area contributed by atoms with E-state index in [1.54, 1.807) is 46.5 Å². The van der Waals surface area contributed by atoms with E-state index in [9.17, 15) is 14.7 Å². The third-order valence-corrected chi connectivity index (χ3v) is 5.26. The van der Waals surface area contributed by atoms with Gasteiger partial charge in [0, 0.05) is 35.3 Å². The zero-order valence-corrected chi connectivity index (χ0v) is 14.4. The van der Waals surface area contributed by atoms with Crippen LogP contribution in [0.3, 0.4) is 0 Å². The number of carbonyl (C=O) groups excluding carboxylic acids is 1. The summed E-state index contributed by atoms with van der Waals surface area (Å²) in [6.07, 6.45) is 5.37. The number of fused-ring (bicyclic) bond motifs is 2. The minimum Gasteiger partial charge on any atom is -0.480 e. The van der Waals surface area contributed by atoms with Crippen molar-refractivity contribution in [2.24, 2.45) is 0 Å². The fourth-order valence-electron chi connectivity index (χ4n) is 2.90. The fraction of sp³-hybridized carbons (Fsp3) is 0.105. The van der Waals surface area contributed by atoms with Gasteiger partial charge in [0.25, 0.3) is 5.91 Å². The highest BCUT2D eigenvalue weighted by atomic mass is 32.1. The second-order valence-electron chi connectivity index (χ2n) is 5.93. The summed E-state index contributed by atoms with van der Waals surface area (Å²) in [5, 5.41) is 15.1. The highest BCUT2D eigenvalue weighted by Crippen LogP contribution is 2.26. The predicted molar refractivity (Wildman–Crippen MR) is 99.6 cm³/mol. The van der Waals surface area contributed by atoms with Crippen LogP contribution in [0.4, 0.5) is 0 Å². The smallest absolute Gasteiger partial charge is 0.326 e. The van der Waals surface area contributed by atoms with E-state index in [2.05, 4.69) is 10.3 Å². The van der Waals surface area contributed by atoms with Crippen LogP contribution in [0.25, 0.3) is 15.7 Å². The van der Waals surface area contributed by atoms with Gasteiger partial charge in [-0.15, -0.1) is 11.3 Å². The van der Waals surface area contributed by atoms with Crippen LogP contribution in [0, 0.1) is 0 Å². The maximum atomic E-state index is 12.5. The zero-order valence-electron chi connectivity index (χ0n) is 13.6. The van der Waals surface area contributed by atoms with Crippen LogP contribution in [0.5, 0.6) is 0 Å². The van der Waals surface area contributed by atoms with Gasteiger partial charge in [-0.05, 0) is 34.5 Å². The number of carboxylic acids is 1. The van der Waals surface area contributed by atoms with Gasteiger partial charge in [-0.25, -0.2) is 9.78 Å². The Bertz CT molecular complexity index is 1120. The van der Waals surface area contributed by atoms with E-state index in [1.165, 1.54) is 0 Å². The van der Waals surface area contributed by atoms with E-state index >= 15 is 0 Å². The standard InChI is InChI=1S/C19H15N3O3S/c23-18(12-5-7-22-8-6-20-17(22)10-12)21-15(19(24)25)9-13-11-26-16-4-2-1-3-14(13)16/h1-8,10-11,15H,9H2,(H,21,23)(H,24,25). The van der Waals surface area contributed by atoms with Crippen molar-refractivity contribution < 1.29 is 14.7 Å². The number of nitrogens with zero attached hydrogens (tertiary/aromatic N) is 2. The minimum atomic E-state index is -1.06. The Labute approximate surface area is 152 Å². The first-order valence-corrected chi connectivity index (χ1v) is 8.91. The summed E-state index contributed by atoms with van der Waals surface area (Å²) in [5.41, 5.74) is 1.93. The molecule has 0 aliphatic heterocycles. The van der Waals surface area contributed by atoms with Gasteiger partial charge in [0.1, 0.15) is 11.7 Å². The second-order valence-corrected chi connectivity index (χ2v) is 6.84. The van der Waals surface area contributed by atoms with Crippen molar-refractivity contribution in [1.82, 2.24) is 14.7 Å². The molecule has 6 nitrogen and oxygen atoms in total. The summed E-state index contributed by atoms with van der Waals surface area (Å²) < 4.78 is 2.88. The lowest BCUT2D eigenvalue weighted by Crippen LogP contribution is -2.42. The Morgan fingerprint density at radius 3 is 2.92 bits per heavy atom. The molecule has 2 N–H and O–H groups in total. The normalized spacial score (nSPS) is 12.3. The number of carbonyl (C=O) groups is 2. The molecule has 0 radical (unpaired) electrons. The molecular formula is C19H15N3O3S. The summed E-state index contributed by atoms with van der Waals surface area (Å²) in [6, 6.07) is 10.1. The topological polar surface area (TPSA) is 83.7 Å². The Morgan fingerprint density at radius 1 is 1.23 bits per heavy atom. The van der Waals surface area contributed by atoms with Crippen LogP contribution in [-0.2, 0) is 11.2 Å². The van der Waals surface area contributed by atoms with E-state index in [-0.39, 0.29) is 6.42 Å². The number of pyridine rings is 1. The van der Waals surface area contributed by atoms with Gasteiger partial charge in [0.2, 0.25) is 0 Å². The van der Waals surface area contributed by atoms with Crippen LogP contribution in [0.1, 0.15) is 15.9 Å². The summed E-state index contributed by atoms with van der Waals surface area (Å²) >= 11 is 1.57. The quantitative estimate of drug-likeness (QED) is 0.569. The first kappa shape index (κ1) is 16.3. The molecule has 4 rings (SSSR count). The molecule has 130 valence electrons. The number of amides is 1. The molecule has 1 amide bonds. The summed E-state index contributed by atoms with van der Waals surface area (Å²) in [4.78, 5) is 28.3. The number of aliphatic carboxylic acids is 1. The number of hydrogen-bond acceptors (Lipinski definition) is 4. The number of imidazole rings is 1. The molecule has 4 aromatic rings. The SMILES string of the molecule is O=C(NC(Cc1csc2ccccc12)C(=O)O)c1ccn2ccnc2c1. The van der Waals surface area contributed by atoms with Crippen LogP contribution in [0.2, 0.25) is 0 Å². The van der Waals surface area contributed by atoms with Crippen molar-refractivity contribution in [3.8, 4) is 0 Å². The molecule has 0 fully saturated rings. The van der Waals surface area contributed by atoms with Crippen molar-refractivity contribution in [3.63, 3.8) is 0 Å². The number of thiophene rings is 1. The van der Waals surface area contributed by atoms with E-state index in [1.807, 2.05) is 29.6 Å². The largest absolute Gasteiger partial charge is 0.480 e. The van der Waals surface area contributed by atoms with Crippen LogP contribution >= 0.6 is 11.3 Å². The molecule has 0 spiro atoms. The highest BCUT2D eigenvalue weighted by Gasteiger charge is 2.22. The third-order valence-electron chi connectivity index (χ3n) is 4.25. The van der Waals surface area contributed by atoms with Gasteiger partial charge in [-0.1, -0.05) is 18.2 Å². The molecule has 0 aliphatic rings. The number of benzene rings is 1. The fourth-order valence-corrected chi connectivity index (χ4v) is 3.88. The van der Waals surface area contributed by atoms with E-state index in [0.717, 1.165) is 15.6 Å². The van der Waals surface area contributed by atoms with Gasteiger partial charge in [-0.2, -0.15) is 0 Å². The second kappa shape index (κ2) is 6.61. The molecule has 26 heavy (non-hydrogen) atoms. The molecule has 0 aliphatic carbocycles. The monoisotopic (exact) mass is 365 g/mol. The zero-order chi connectivity index (χ0) is 18.1. The first-order chi connectivity index (χ1) is 12.6. The van der Waals surface area contributed by atoms with Gasteiger partial charge < -0.3 is 14.8 Å².